The van der Waals surface area contributed by atoms with Crippen LogP contribution in [-0.4, -0.2) is 66.9 Å². The summed E-state index contributed by atoms with van der Waals surface area (Å²) >= 11 is 0. The van der Waals surface area contributed by atoms with Gasteiger partial charge in [-0.1, -0.05) is 6.92 Å². The normalized spacial score (nSPS) is 32.3. The van der Waals surface area contributed by atoms with Gasteiger partial charge in [0.2, 0.25) is 6.30 Å². The predicted octanol–water partition coefficient (Wildman–Crippen LogP) is 5.52. The lowest BCUT2D eigenvalue weighted by Crippen LogP contribution is -2.57. The number of hydrogen-bond acceptors (Lipinski definition) is 2. The largest absolute Gasteiger partial charge is 0.425 e. The van der Waals surface area contributed by atoms with Crippen molar-refractivity contribution >= 4 is 0 Å². The summed E-state index contributed by atoms with van der Waals surface area (Å²) in [6.07, 6.45) is -26.9. The highest BCUT2D eigenvalue weighted by Crippen LogP contribution is 2.46. The van der Waals surface area contributed by atoms with Crippen molar-refractivity contribution in [2.24, 2.45) is 11.8 Å². The Morgan fingerprint density at radius 2 is 1.30 bits per heavy atom. The van der Waals surface area contributed by atoms with E-state index in [-0.39, 0.29) is 4.90 Å². The molecule has 0 aromatic carbocycles. The maximum Gasteiger partial charge on any atom is 0.425 e. The number of piperidine rings is 1. The van der Waals surface area contributed by atoms with Gasteiger partial charge in [-0.05, 0) is 25.2 Å². The van der Waals surface area contributed by atoms with Gasteiger partial charge in [0.05, 0.1) is 5.92 Å². The van der Waals surface area contributed by atoms with E-state index in [0.717, 1.165) is 0 Å². The first-order valence-corrected chi connectivity index (χ1v) is 8.95. The van der Waals surface area contributed by atoms with Crippen molar-refractivity contribution in [3.8, 4) is 0 Å². The molecule has 2 nitrogen and oxygen atoms in total. The third-order valence-electron chi connectivity index (χ3n) is 5.29. The molecule has 14 heteroatoms. The number of alkyl halides is 12. The molecular formula is C16H19F12NO. The zero-order valence-corrected chi connectivity index (χ0v) is 15.4. The monoisotopic (exact) mass is 469 g/mol. The molecule has 6 atom stereocenters. The van der Waals surface area contributed by atoms with Crippen LogP contribution in [-0.2, 0) is 4.74 Å². The maximum absolute atomic E-state index is 14.5. The van der Waals surface area contributed by atoms with Gasteiger partial charge in [-0.2, -0.15) is 35.1 Å². The van der Waals surface area contributed by atoms with Gasteiger partial charge < -0.3 is 4.74 Å². The average Bonchev–Trinajstić information content (AvgIpc) is 3.10. The maximum atomic E-state index is 14.5. The minimum absolute atomic E-state index is 0.217. The van der Waals surface area contributed by atoms with E-state index < -0.39 is 93.1 Å². The minimum atomic E-state index is -5.98. The standard InChI is InChI=1S/C16H19F12NO/c1-7-4-8(15(23,24)25)6-29(5-7)12(18)14(21,22)10-3-2-9(30-10)13(19,20)11(17)16(26,27)28/h7-12H,2-6H2,1H3. The molecule has 0 amide bonds. The second kappa shape index (κ2) is 8.21. The summed E-state index contributed by atoms with van der Waals surface area (Å²) in [7, 11) is 0. The van der Waals surface area contributed by atoms with Crippen molar-refractivity contribution in [3.05, 3.63) is 0 Å². The molecule has 2 heterocycles. The van der Waals surface area contributed by atoms with Gasteiger partial charge in [0.1, 0.15) is 12.2 Å². The van der Waals surface area contributed by atoms with Crippen LogP contribution < -0.4 is 0 Å². The molecule has 0 N–H and O–H groups in total. The van der Waals surface area contributed by atoms with Crippen molar-refractivity contribution in [1.82, 2.24) is 4.90 Å². The first-order valence-electron chi connectivity index (χ1n) is 8.95. The first kappa shape index (κ1) is 25.3. The third-order valence-corrected chi connectivity index (χ3v) is 5.29. The summed E-state index contributed by atoms with van der Waals surface area (Å²) in [4.78, 5) is 0.217. The molecule has 0 aromatic heterocycles. The summed E-state index contributed by atoms with van der Waals surface area (Å²) in [6, 6.07) is 0. The molecule has 0 saturated carbocycles. The van der Waals surface area contributed by atoms with Crippen LogP contribution in [0.2, 0.25) is 0 Å². The van der Waals surface area contributed by atoms with Gasteiger partial charge in [0, 0.05) is 13.1 Å². The molecule has 0 aromatic rings. The molecule has 178 valence electrons. The Labute approximate surface area is 163 Å². The molecule has 0 aliphatic carbocycles. The van der Waals surface area contributed by atoms with Crippen LogP contribution in [0, 0.1) is 11.8 Å². The Hall–Kier alpha value is -0.920. The summed E-state index contributed by atoms with van der Waals surface area (Å²) in [5.41, 5.74) is 0. The number of likely N-dealkylation sites (tertiary alicyclic amines) is 1. The highest BCUT2D eigenvalue weighted by atomic mass is 19.4. The number of rotatable bonds is 5. The number of halogens is 12. The summed E-state index contributed by atoms with van der Waals surface area (Å²) in [5.74, 6) is -12.7. The van der Waals surface area contributed by atoms with Gasteiger partial charge in [-0.3, -0.25) is 4.90 Å². The van der Waals surface area contributed by atoms with Gasteiger partial charge in [-0.25, -0.2) is 17.6 Å². The van der Waals surface area contributed by atoms with Crippen molar-refractivity contribution in [2.75, 3.05) is 13.1 Å². The van der Waals surface area contributed by atoms with E-state index in [2.05, 4.69) is 4.74 Å². The molecule has 2 fully saturated rings. The highest BCUT2D eigenvalue weighted by Gasteiger charge is 2.65. The Morgan fingerprint density at radius 1 is 0.800 bits per heavy atom. The number of nitrogens with zero attached hydrogens (tertiary/aromatic N) is 1. The van der Waals surface area contributed by atoms with Gasteiger partial charge in [-0.15, -0.1) is 0 Å². The van der Waals surface area contributed by atoms with Crippen LogP contribution in [0.4, 0.5) is 52.7 Å². The third kappa shape index (κ3) is 5.10. The van der Waals surface area contributed by atoms with Crippen molar-refractivity contribution in [1.29, 1.82) is 0 Å². The molecule has 2 aliphatic rings. The van der Waals surface area contributed by atoms with Crippen LogP contribution in [0.25, 0.3) is 0 Å². The van der Waals surface area contributed by atoms with E-state index in [1.165, 1.54) is 6.92 Å². The van der Waals surface area contributed by atoms with Crippen molar-refractivity contribution < 1.29 is 57.4 Å². The Morgan fingerprint density at radius 3 is 1.77 bits per heavy atom. The Balaban J connectivity index is 2.12. The molecule has 2 rings (SSSR count). The van der Waals surface area contributed by atoms with Crippen molar-refractivity contribution in [3.63, 3.8) is 0 Å². The van der Waals surface area contributed by atoms with E-state index >= 15 is 0 Å². The lowest BCUT2D eigenvalue weighted by atomic mass is 9.89. The second-order valence-corrected chi connectivity index (χ2v) is 7.81. The fraction of sp³-hybridized carbons (Fsp3) is 1.00. The zero-order chi connectivity index (χ0) is 23.3. The van der Waals surface area contributed by atoms with Gasteiger partial charge in [0.15, 0.2) is 0 Å². The highest BCUT2D eigenvalue weighted by molar-refractivity contribution is 4.98. The molecule has 30 heavy (non-hydrogen) atoms. The molecular weight excluding hydrogens is 450 g/mol. The van der Waals surface area contributed by atoms with Gasteiger partial charge in [0.25, 0.3) is 6.17 Å². The summed E-state index contributed by atoms with van der Waals surface area (Å²) in [5, 5.41) is 0. The van der Waals surface area contributed by atoms with Crippen LogP contribution in [0.3, 0.4) is 0 Å². The fourth-order valence-electron chi connectivity index (χ4n) is 3.80. The molecule has 0 spiro atoms. The van der Waals surface area contributed by atoms with E-state index in [4.69, 9.17) is 0 Å². The summed E-state index contributed by atoms with van der Waals surface area (Å²) < 4.78 is 164. The quantitative estimate of drug-likeness (QED) is 0.389. The van der Waals surface area contributed by atoms with Crippen LogP contribution in [0.15, 0.2) is 0 Å². The van der Waals surface area contributed by atoms with Crippen LogP contribution in [0.1, 0.15) is 26.2 Å². The molecule has 0 radical (unpaired) electrons. The first-order chi connectivity index (χ1) is 13.4. The summed E-state index contributed by atoms with van der Waals surface area (Å²) in [6.45, 7) is -0.287. The van der Waals surface area contributed by atoms with E-state index in [1.54, 1.807) is 0 Å². The smallest absolute Gasteiger partial charge is 0.362 e. The van der Waals surface area contributed by atoms with E-state index in [9.17, 15) is 52.7 Å². The fourth-order valence-corrected chi connectivity index (χ4v) is 3.80. The van der Waals surface area contributed by atoms with Gasteiger partial charge >= 0.3 is 24.2 Å². The zero-order valence-electron chi connectivity index (χ0n) is 15.4. The Kier molecular flexibility index (Phi) is 6.94. The molecule has 0 bridgehead atoms. The minimum Gasteiger partial charge on any atom is -0.362 e. The molecule has 6 unspecified atom stereocenters. The predicted molar refractivity (Wildman–Crippen MR) is 78.5 cm³/mol. The molecule has 2 aliphatic heterocycles. The second-order valence-electron chi connectivity index (χ2n) is 7.81. The number of ether oxygens (including phenoxy) is 1. The van der Waals surface area contributed by atoms with Crippen LogP contribution in [0.5, 0.6) is 0 Å². The van der Waals surface area contributed by atoms with E-state index in [1.807, 2.05) is 0 Å². The van der Waals surface area contributed by atoms with Crippen LogP contribution >= 0.6 is 0 Å². The average molecular weight is 469 g/mol. The lowest BCUT2D eigenvalue weighted by Gasteiger charge is -2.41. The number of hydrogen-bond donors (Lipinski definition) is 0. The lowest BCUT2D eigenvalue weighted by molar-refractivity contribution is -0.283. The Bertz CT molecular complexity index is 592. The topological polar surface area (TPSA) is 12.5 Å². The SMILES string of the molecule is CC1CC(C(F)(F)F)CN(C(F)C(F)(F)C2CCC(C(F)(F)C(F)C(F)(F)F)O2)C1. The van der Waals surface area contributed by atoms with E-state index in [0.29, 0.717) is 0 Å². The van der Waals surface area contributed by atoms with Crippen molar-refractivity contribution in [2.45, 2.75) is 75.1 Å². The molecule has 2 saturated heterocycles.